The van der Waals surface area contributed by atoms with Crippen LogP contribution in [0.2, 0.25) is 0 Å². The van der Waals surface area contributed by atoms with Crippen LogP contribution >= 0.6 is 0 Å². The highest BCUT2D eigenvalue weighted by Crippen LogP contribution is 2.24. The number of rotatable bonds is 2. The number of piperazine rings is 1. The lowest BCUT2D eigenvalue weighted by atomic mass is 10.1. The van der Waals surface area contributed by atoms with Gasteiger partial charge in [-0.2, -0.15) is 0 Å². The monoisotopic (exact) mass is 279 g/mol. The van der Waals surface area contributed by atoms with E-state index in [0.717, 1.165) is 23.1 Å². The number of hydrogen-bond acceptors (Lipinski definition) is 6. The first kappa shape index (κ1) is 13.5. The van der Waals surface area contributed by atoms with Crippen LogP contribution in [-0.2, 0) is 9.59 Å². The zero-order chi connectivity index (χ0) is 14.9. The van der Waals surface area contributed by atoms with E-state index in [2.05, 4.69) is 0 Å². The molecule has 0 unspecified atom stereocenters. The average molecular weight is 279 g/mol. The van der Waals surface area contributed by atoms with Gasteiger partial charge in [-0.05, 0) is 12.1 Å². The third kappa shape index (κ3) is 2.55. The molecular formula is C11H9N3O6. The molecule has 0 aliphatic carbocycles. The molecule has 104 valence electrons. The molecule has 1 fully saturated rings. The molecular weight excluding hydrogens is 270 g/mol. The molecule has 2 rings (SSSR count). The summed E-state index contributed by atoms with van der Waals surface area (Å²) in [4.78, 5) is 45.5. The van der Waals surface area contributed by atoms with Gasteiger partial charge in [0.25, 0.3) is 11.6 Å². The smallest absolute Gasteiger partial charge is 0.282 e. The molecule has 3 amide bonds. The minimum absolute atomic E-state index is 0.327. The zero-order valence-corrected chi connectivity index (χ0v) is 10.0. The van der Waals surface area contributed by atoms with Gasteiger partial charge in [0.15, 0.2) is 0 Å². The van der Waals surface area contributed by atoms with Gasteiger partial charge in [-0.25, -0.2) is 0 Å². The maximum absolute atomic E-state index is 12.1. The Morgan fingerprint density at radius 1 is 1.30 bits per heavy atom. The van der Waals surface area contributed by atoms with E-state index in [0.29, 0.717) is 0 Å². The number of benzene rings is 1. The summed E-state index contributed by atoms with van der Waals surface area (Å²) in [5, 5.41) is 22.2. The predicted molar refractivity (Wildman–Crippen MR) is 63.8 cm³/mol. The van der Waals surface area contributed by atoms with Gasteiger partial charge >= 0.3 is 0 Å². The highest BCUT2D eigenvalue weighted by molar-refractivity contribution is 6.07. The Morgan fingerprint density at radius 2 is 1.90 bits per heavy atom. The first-order valence-electron chi connectivity index (χ1n) is 5.48. The number of nitro groups is 1. The molecule has 1 aliphatic heterocycles. The predicted octanol–water partition coefficient (Wildman–Crippen LogP) is -0.601. The van der Waals surface area contributed by atoms with E-state index in [4.69, 9.17) is 0 Å². The van der Waals surface area contributed by atoms with Gasteiger partial charge in [-0.3, -0.25) is 29.8 Å². The van der Waals surface area contributed by atoms with Crippen molar-refractivity contribution in [3.8, 4) is 5.75 Å². The molecule has 9 heteroatoms. The van der Waals surface area contributed by atoms with Crippen molar-refractivity contribution >= 4 is 23.4 Å². The highest BCUT2D eigenvalue weighted by atomic mass is 16.6. The van der Waals surface area contributed by atoms with Gasteiger partial charge in [0.1, 0.15) is 24.4 Å². The quantitative estimate of drug-likeness (QED) is 0.422. The van der Waals surface area contributed by atoms with E-state index in [1.165, 1.54) is 0 Å². The zero-order valence-electron chi connectivity index (χ0n) is 10.0. The molecule has 0 aromatic heterocycles. The third-order valence-electron chi connectivity index (χ3n) is 2.64. The maximum atomic E-state index is 12.1. The number of nitrogens with zero attached hydrogens (tertiary/aromatic N) is 2. The van der Waals surface area contributed by atoms with E-state index in [1.807, 2.05) is 5.32 Å². The SMILES string of the molecule is O=C1CN(C(=O)c2cc(O)ccc2[N+](=O)[O-])CC(=O)N1. The Balaban J connectivity index is 2.37. The van der Waals surface area contributed by atoms with Gasteiger partial charge in [-0.1, -0.05) is 0 Å². The van der Waals surface area contributed by atoms with Crippen LogP contribution in [-0.4, -0.2) is 45.7 Å². The fraction of sp³-hybridized carbons (Fsp3) is 0.182. The van der Waals surface area contributed by atoms with Crippen LogP contribution in [0, 0.1) is 10.1 Å². The number of phenols is 1. The van der Waals surface area contributed by atoms with Crippen LogP contribution in [0.25, 0.3) is 0 Å². The van der Waals surface area contributed by atoms with E-state index < -0.39 is 28.3 Å². The van der Waals surface area contributed by atoms with Gasteiger partial charge < -0.3 is 10.0 Å². The molecule has 1 aromatic carbocycles. The van der Waals surface area contributed by atoms with E-state index in [-0.39, 0.29) is 24.4 Å². The molecule has 1 saturated heterocycles. The largest absolute Gasteiger partial charge is 0.508 e. The van der Waals surface area contributed by atoms with Crippen molar-refractivity contribution in [1.82, 2.24) is 10.2 Å². The fourth-order valence-corrected chi connectivity index (χ4v) is 1.81. The molecule has 0 atom stereocenters. The summed E-state index contributed by atoms with van der Waals surface area (Å²) in [6.45, 7) is -0.755. The Kier molecular flexibility index (Phi) is 3.34. The first-order valence-corrected chi connectivity index (χ1v) is 5.48. The minimum atomic E-state index is -0.865. The first-order chi connectivity index (χ1) is 9.38. The number of imide groups is 1. The van der Waals surface area contributed by atoms with Crippen molar-refractivity contribution in [1.29, 1.82) is 0 Å². The van der Waals surface area contributed by atoms with Crippen LogP contribution in [0.5, 0.6) is 5.75 Å². The average Bonchev–Trinajstić information content (AvgIpc) is 2.36. The number of nitrogens with one attached hydrogen (secondary N) is 1. The van der Waals surface area contributed by atoms with Crippen molar-refractivity contribution in [2.45, 2.75) is 0 Å². The molecule has 1 heterocycles. The summed E-state index contributed by atoms with van der Waals surface area (Å²) < 4.78 is 0. The lowest BCUT2D eigenvalue weighted by Gasteiger charge is -2.25. The van der Waals surface area contributed by atoms with Crippen molar-refractivity contribution in [2.24, 2.45) is 0 Å². The van der Waals surface area contributed by atoms with Crippen molar-refractivity contribution in [3.63, 3.8) is 0 Å². The second kappa shape index (κ2) is 4.96. The Bertz CT molecular complexity index is 611. The number of aromatic hydroxyl groups is 1. The lowest BCUT2D eigenvalue weighted by molar-refractivity contribution is -0.385. The minimum Gasteiger partial charge on any atom is -0.508 e. The topological polar surface area (TPSA) is 130 Å². The Hall–Kier alpha value is -2.97. The summed E-state index contributed by atoms with van der Waals surface area (Å²) in [6, 6.07) is 2.98. The number of phenolic OH excluding ortho intramolecular Hbond substituents is 1. The van der Waals surface area contributed by atoms with Crippen LogP contribution in [0.1, 0.15) is 10.4 Å². The van der Waals surface area contributed by atoms with Crippen molar-refractivity contribution in [2.75, 3.05) is 13.1 Å². The number of carbonyl (C=O) groups is 3. The molecule has 20 heavy (non-hydrogen) atoms. The fourth-order valence-electron chi connectivity index (χ4n) is 1.81. The van der Waals surface area contributed by atoms with Crippen LogP contribution in [0.3, 0.4) is 0 Å². The molecule has 0 spiro atoms. The lowest BCUT2D eigenvalue weighted by Crippen LogP contribution is -2.53. The van der Waals surface area contributed by atoms with Crippen LogP contribution in [0.4, 0.5) is 5.69 Å². The maximum Gasteiger partial charge on any atom is 0.282 e. The van der Waals surface area contributed by atoms with Gasteiger partial charge in [-0.15, -0.1) is 0 Å². The second-order valence-electron chi connectivity index (χ2n) is 4.09. The second-order valence-corrected chi connectivity index (χ2v) is 4.09. The van der Waals surface area contributed by atoms with Crippen LogP contribution in [0.15, 0.2) is 18.2 Å². The van der Waals surface area contributed by atoms with E-state index in [1.54, 1.807) is 0 Å². The standard InChI is InChI=1S/C11H9N3O6/c15-6-1-2-8(14(19)20)7(3-6)11(18)13-4-9(16)12-10(17)5-13/h1-3,15H,4-5H2,(H,12,16,17). The molecule has 1 aliphatic rings. The molecule has 0 radical (unpaired) electrons. The van der Waals surface area contributed by atoms with Crippen molar-refractivity contribution < 1.29 is 24.4 Å². The normalized spacial score (nSPS) is 14.9. The molecule has 0 bridgehead atoms. The van der Waals surface area contributed by atoms with Gasteiger partial charge in [0.2, 0.25) is 11.8 Å². The Labute approximate surface area is 111 Å². The number of carbonyl (C=O) groups excluding carboxylic acids is 3. The molecule has 9 nitrogen and oxygen atoms in total. The summed E-state index contributed by atoms with van der Waals surface area (Å²) in [5.74, 6) is -2.53. The molecule has 2 N–H and O–H groups in total. The third-order valence-corrected chi connectivity index (χ3v) is 2.64. The van der Waals surface area contributed by atoms with Gasteiger partial charge in [0, 0.05) is 6.07 Å². The number of nitro benzene ring substituents is 1. The summed E-state index contributed by atoms with van der Waals surface area (Å²) >= 11 is 0. The van der Waals surface area contributed by atoms with Crippen LogP contribution < -0.4 is 5.32 Å². The number of amides is 3. The van der Waals surface area contributed by atoms with Gasteiger partial charge in [0.05, 0.1) is 4.92 Å². The summed E-state index contributed by atoms with van der Waals surface area (Å²) in [7, 11) is 0. The number of hydrogen-bond donors (Lipinski definition) is 2. The Morgan fingerprint density at radius 3 is 2.45 bits per heavy atom. The summed E-state index contributed by atoms with van der Waals surface area (Å²) in [5.41, 5.74) is -0.885. The van der Waals surface area contributed by atoms with E-state index in [9.17, 15) is 29.6 Å². The summed E-state index contributed by atoms with van der Waals surface area (Å²) in [6.07, 6.45) is 0. The molecule has 1 aromatic rings. The van der Waals surface area contributed by atoms with E-state index >= 15 is 0 Å². The highest BCUT2D eigenvalue weighted by Gasteiger charge is 2.31. The van der Waals surface area contributed by atoms with Crippen molar-refractivity contribution in [3.05, 3.63) is 33.9 Å². The molecule has 0 saturated carbocycles.